The van der Waals surface area contributed by atoms with E-state index in [9.17, 15) is 8.42 Å². The van der Waals surface area contributed by atoms with Crippen LogP contribution < -0.4 is 4.72 Å². The van der Waals surface area contributed by atoms with Gasteiger partial charge in [-0.15, -0.1) is 0 Å². The van der Waals surface area contributed by atoms with Crippen LogP contribution in [0.15, 0.2) is 23.1 Å². The van der Waals surface area contributed by atoms with E-state index in [-0.39, 0.29) is 5.54 Å². The normalized spacial score (nSPS) is 24.9. The van der Waals surface area contributed by atoms with Crippen LogP contribution in [0.2, 0.25) is 5.02 Å². The average Bonchev–Trinajstić information content (AvgIpc) is 2.79. The Hall–Kier alpha value is -0.580. The van der Waals surface area contributed by atoms with Crippen molar-refractivity contribution >= 4 is 21.6 Å². The van der Waals surface area contributed by atoms with Crippen LogP contribution in [-0.2, 0) is 15.6 Å². The molecule has 1 fully saturated rings. The summed E-state index contributed by atoms with van der Waals surface area (Å²) in [5.74, 6) is 0. The molecule has 1 N–H and O–H groups in total. The van der Waals surface area contributed by atoms with Crippen LogP contribution in [0.5, 0.6) is 0 Å². The van der Waals surface area contributed by atoms with Crippen LogP contribution in [0, 0.1) is 0 Å². The Labute approximate surface area is 87.1 Å². The van der Waals surface area contributed by atoms with Crippen LogP contribution in [0.3, 0.4) is 0 Å². The molecule has 5 heteroatoms. The Morgan fingerprint density at radius 3 is 2.71 bits per heavy atom. The molecule has 0 radical (unpaired) electrons. The molecule has 0 saturated heterocycles. The monoisotopic (exact) mass is 229 g/mol. The van der Waals surface area contributed by atoms with E-state index in [1.165, 1.54) is 0 Å². The van der Waals surface area contributed by atoms with Gasteiger partial charge < -0.3 is 0 Å². The minimum atomic E-state index is -3.28. The minimum Gasteiger partial charge on any atom is -0.207 e. The molecule has 1 heterocycles. The number of sulfonamides is 1. The van der Waals surface area contributed by atoms with Crippen molar-refractivity contribution in [3.63, 3.8) is 0 Å². The molecule has 1 aliphatic carbocycles. The quantitative estimate of drug-likeness (QED) is 0.735. The molecule has 0 unspecified atom stereocenters. The summed E-state index contributed by atoms with van der Waals surface area (Å²) in [5.41, 5.74) is 0.518. The molecule has 1 aliphatic heterocycles. The Bertz CT molecular complexity index is 520. The van der Waals surface area contributed by atoms with Gasteiger partial charge in [-0.1, -0.05) is 11.6 Å². The lowest BCUT2D eigenvalue weighted by molar-refractivity contribution is 0.573. The van der Waals surface area contributed by atoms with Crippen molar-refractivity contribution in [2.75, 3.05) is 0 Å². The molecule has 3 nitrogen and oxygen atoms in total. The number of rotatable bonds is 0. The van der Waals surface area contributed by atoms with Gasteiger partial charge in [0.25, 0.3) is 0 Å². The second-order valence-electron chi connectivity index (χ2n) is 3.83. The smallest absolute Gasteiger partial charge is 0.207 e. The number of fused-ring (bicyclic) bond motifs is 2. The van der Waals surface area contributed by atoms with E-state index in [0.29, 0.717) is 9.92 Å². The van der Waals surface area contributed by atoms with Crippen LogP contribution in [0.4, 0.5) is 0 Å². The summed E-state index contributed by atoms with van der Waals surface area (Å²) in [6, 6.07) is 4.94. The van der Waals surface area contributed by atoms with E-state index in [0.717, 1.165) is 18.4 Å². The van der Waals surface area contributed by atoms with Crippen LogP contribution >= 0.6 is 11.6 Å². The highest BCUT2D eigenvalue weighted by atomic mass is 35.5. The van der Waals surface area contributed by atoms with Gasteiger partial charge in [0.05, 0.1) is 10.4 Å². The summed E-state index contributed by atoms with van der Waals surface area (Å²) in [5, 5.41) is 0.592. The van der Waals surface area contributed by atoms with Crippen LogP contribution in [-0.4, -0.2) is 8.42 Å². The largest absolute Gasteiger partial charge is 0.241 e. The van der Waals surface area contributed by atoms with Crippen LogP contribution in [0.1, 0.15) is 18.4 Å². The molecule has 14 heavy (non-hydrogen) atoms. The third kappa shape index (κ3) is 0.988. The van der Waals surface area contributed by atoms with Gasteiger partial charge in [-0.2, -0.15) is 0 Å². The molecule has 0 aromatic heterocycles. The van der Waals surface area contributed by atoms with E-state index in [1.54, 1.807) is 18.2 Å². The van der Waals surface area contributed by atoms with Gasteiger partial charge in [0.2, 0.25) is 10.0 Å². The summed E-state index contributed by atoms with van der Waals surface area (Å²) in [4.78, 5) is 0.388. The Morgan fingerprint density at radius 1 is 1.36 bits per heavy atom. The predicted molar refractivity (Wildman–Crippen MR) is 52.7 cm³/mol. The molecule has 1 aromatic rings. The van der Waals surface area contributed by atoms with E-state index in [1.807, 2.05) is 0 Å². The summed E-state index contributed by atoms with van der Waals surface area (Å²) in [6.45, 7) is 0. The first-order chi connectivity index (χ1) is 6.54. The van der Waals surface area contributed by atoms with Gasteiger partial charge in [0, 0.05) is 5.02 Å². The van der Waals surface area contributed by atoms with E-state index >= 15 is 0 Å². The second kappa shape index (κ2) is 2.32. The molecule has 1 aromatic carbocycles. The van der Waals surface area contributed by atoms with Gasteiger partial charge in [-0.25, -0.2) is 13.1 Å². The summed E-state index contributed by atoms with van der Waals surface area (Å²) < 4.78 is 26.0. The number of hydrogen-bond acceptors (Lipinski definition) is 2. The molecule has 0 amide bonds. The van der Waals surface area contributed by atoms with Crippen LogP contribution in [0.25, 0.3) is 0 Å². The highest BCUT2D eigenvalue weighted by molar-refractivity contribution is 7.89. The fourth-order valence-corrected chi connectivity index (χ4v) is 3.88. The average molecular weight is 230 g/mol. The molecular formula is C9H8ClNO2S. The molecule has 1 saturated carbocycles. The van der Waals surface area contributed by atoms with E-state index in [4.69, 9.17) is 11.6 Å². The first kappa shape index (κ1) is 8.71. The van der Waals surface area contributed by atoms with E-state index < -0.39 is 10.0 Å². The third-order valence-corrected chi connectivity index (χ3v) is 4.66. The summed E-state index contributed by atoms with van der Waals surface area (Å²) in [7, 11) is -3.28. The lowest BCUT2D eigenvalue weighted by atomic mass is 10.1. The molecular weight excluding hydrogens is 222 g/mol. The van der Waals surface area contributed by atoms with Crippen molar-refractivity contribution < 1.29 is 8.42 Å². The molecule has 3 rings (SSSR count). The third-order valence-electron chi connectivity index (χ3n) is 2.83. The molecule has 0 atom stereocenters. The van der Waals surface area contributed by atoms with Gasteiger partial charge in [-0.3, -0.25) is 0 Å². The zero-order chi connectivity index (χ0) is 9.97. The lowest BCUT2D eigenvalue weighted by Crippen LogP contribution is -2.25. The Balaban J connectivity index is 2.35. The van der Waals surface area contributed by atoms with Gasteiger partial charge >= 0.3 is 0 Å². The zero-order valence-electron chi connectivity index (χ0n) is 7.25. The molecule has 2 aliphatic rings. The van der Waals surface area contributed by atoms with Gasteiger partial charge in [-0.05, 0) is 36.6 Å². The zero-order valence-corrected chi connectivity index (χ0v) is 8.82. The van der Waals surface area contributed by atoms with Gasteiger partial charge in [0.1, 0.15) is 0 Å². The maximum Gasteiger partial charge on any atom is 0.241 e. The lowest BCUT2D eigenvalue weighted by Gasteiger charge is -2.05. The maximum atomic E-state index is 11.7. The van der Waals surface area contributed by atoms with E-state index in [2.05, 4.69) is 4.72 Å². The number of halogens is 1. The maximum absolute atomic E-state index is 11.7. The minimum absolute atomic E-state index is 0.320. The SMILES string of the molecule is O=S1(=O)NC2(CC2)c2cc(Cl)ccc21. The van der Waals surface area contributed by atoms with Crippen molar-refractivity contribution in [3.8, 4) is 0 Å². The second-order valence-corrected chi connectivity index (χ2v) is 5.92. The van der Waals surface area contributed by atoms with Gasteiger partial charge in [0.15, 0.2) is 0 Å². The summed E-state index contributed by atoms with van der Waals surface area (Å²) >= 11 is 5.85. The molecule has 1 spiro atoms. The van der Waals surface area contributed by atoms with Crippen molar-refractivity contribution in [2.45, 2.75) is 23.3 Å². The topological polar surface area (TPSA) is 46.2 Å². The highest BCUT2D eigenvalue weighted by Crippen LogP contribution is 2.52. The van der Waals surface area contributed by atoms with Crippen molar-refractivity contribution in [1.29, 1.82) is 0 Å². The van der Waals surface area contributed by atoms with Crippen molar-refractivity contribution in [3.05, 3.63) is 28.8 Å². The standard InChI is InChI=1S/C9H8ClNO2S/c10-6-1-2-8-7(5-6)9(3-4-9)11-14(8,12)13/h1-2,5,11H,3-4H2. The first-order valence-corrected chi connectivity index (χ1v) is 6.24. The number of hydrogen-bond donors (Lipinski definition) is 1. The molecule has 74 valence electrons. The fraction of sp³-hybridized carbons (Fsp3) is 0.333. The number of nitrogens with one attached hydrogen (secondary N) is 1. The summed E-state index contributed by atoms with van der Waals surface area (Å²) in [6.07, 6.45) is 1.75. The van der Waals surface area contributed by atoms with Crippen molar-refractivity contribution in [1.82, 2.24) is 4.72 Å². The predicted octanol–water partition coefficient (Wildman–Crippen LogP) is 1.62. The Kier molecular flexibility index (Phi) is 1.44. The fourth-order valence-electron chi connectivity index (χ4n) is 1.97. The Morgan fingerprint density at radius 2 is 2.07 bits per heavy atom. The highest BCUT2D eigenvalue weighted by Gasteiger charge is 2.54. The van der Waals surface area contributed by atoms with Crippen molar-refractivity contribution in [2.24, 2.45) is 0 Å². The number of benzene rings is 1. The molecule has 0 bridgehead atoms. The first-order valence-electron chi connectivity index (χ1n) is 4.38.